The van der Waals surface area contributed by atoms with Crippen molar-refractivity contribution in [3.05, 3.63) is 89.0 Å². The first-order chi connectivity index (χ1) is 15.1. The SMILES string of the molecule is O=C(Nc1ccc(N2CCC2)nc1)c1cc2cc(Cl)ccc2n1Cc1cccc(F)c1. The van der Waals surface area contributed by atoms with Crippen molar-refractivity contribution in [2.45, 2.75) is 13.0 Å². The van der Waals surface area contributed by atoms with Gasteiger partial charge in [-0.05, 0) is 60.5 Å². The maximum atomic E-state index is 13.7. The fourth-order valence-electron chi connectivity index (χ4n) is 3.81. The summed E-state index contributed by atoms with van der Waals surface area (Å²) in [5.41, 5.74) is 2.70. The van der Waals surface area contributed by atoms with Gasteiger partial charge in [0.1, 0.15) is 17.3 Å². The van der Waals surface area contributed by atoms with Gasteiger partial charge in [-0.1, -0.05) is 23.7 Å². The van der Waals surface area contributed by atoms with Crippen LogP contribution in [-0.4, -0.2) is 28.5 Å². The van der Waals surface area contributed by atoms with Crippen LogP contribution in [-0.2, 0) is 6.54 Å². The van der Waals surface area contributed by atoms with E-state index in [1.165, 1.54) is 18.6 Å². The number of aromatic nitrogens is 2. The van der Waals surface area contributed by atoms with Crippen LogP contribution in [0.15, 0.2) is 66.9 Å². The number of benzene rings is 2. The molecule has 31 heavy (non-hydrogen) atoms. The van der Waals surface area contributed by atoms with Crippen LogP contribution in [0.1, 0.15) is 22.5 Å². The highest BCUT2D eigenvalue weighted by molar-refractivity contribution is 6.31. The Hall–Kier alpha value is -3.38. The lowest BCUT2D eigenvalue weighted by molar-refractivity contribution is 0.101. The number of fused-ring (bicyclic) bond motifs is 1. The van der Waals surface area contributed by atoms with Gasteiger partial charge in [0.2, 0.25) is 0 Å². The predicted molar refractivity (Wildman–Crippen MR) is 121 cm³/mol. The van der Waals surface area contributed by atoms with Crippen molar-refractivity contribution in [3.63, 3.8) is 0 Å². The van der Waals surface area contributed by atoms with Gasteiger partial charge in [-0.2, -0.15) is 0 Å². The van der Waals surface area contributed by atoms with Crippen molar-refractivity contribution in [2.24, 2.45) is 0 Å². The smallest absolute Gasteiger partial charge is 0.272 e. The molecule has 0 saturated carbocycles. The molecule has 0 radical (unpaired) electrons. The zero-order valence-electron chi connectivity index (χ0n) is 16.7. The van der Waals surface area contributed by atoms with Crippen molar-refractivity contribution in [3.8, 4) is 0 Å². The van der Waals surface area contributed by atoms with Gasteiger partial charge in [0, 0.05) is 35.6 Å². The highest BCUT2D eigenvalue weighted by Gasteiger charge is 2.18. The van der Waals surface area contributed by atoms with Crippen LogP contribution in [0, 0.1) is 5.82 Å². The summed E-state index contributed by atoms with van der Waals surface area (Å²) in [4.78, 5) is 19.8. The number of carbonyl (C=O) groups is 1. The largest absolute Gasteiger partial charge is 0.356 e. The lowest BCUT2D eigenvalue weighted by Crippen LogP contribution is -2.37. The first-order valence-electron chi connectivity index (χ1n) is 10.1. The quantitative estimate of drug-likeness (QED) is 0.461. The lowest BCUT2D eigenvalue weighted by atomic mass is 10.2. The van der Waals surface area contributed by atoms with Gasteiger partial charge in [-0.15, -0.1) is 0 Å². The summed E-state index contributed by atoms with van der Waals surface area (Å²) >= 11 is 6.16. The predicted octanol–water partition coefficient (Wildman–Crippen LogP) is 5.34. The highest BCUT2D eigenvalue weighted by Crippen LogP contribution is 2.26. The van der Waals surface area contributed by atoms with Gasteiger partial charge in [0.25, 0.3) is 5.91 Å². The standard InChI is InChI=1S/C24H20ClFN4O/c25-18-5-7-21-17(12-18)13-22(30(21)15-16-3-1-4-19(26)11-16)24(31)28-20-6-8-23(27-14-20)29-9-2-10-29/h1,3-8,11-14H,2,9-10,15H2,(H,28,31). The average Bonchev–Trinajstić information content (AvgIpc) is 3.05. The van der Waals surface area contributed by atoms with Gasteiger partial charge in [-0.25, -0.2) is 9.37 Å². The summed E-state index contributed by atoms with van der Waals surface area (Å²) in [6.45, 7) is 2.39. The number of halogens is 2. The van der Waals surface area contributed by atoms with Crippen LogP contribution in [0.2, 0.25) is 5.02 Å². The van der Waals surface area contributed by atoms with E-state index < -0.39 is 0 Å². The van der Waals surface area contributed by atoms with Crippen molar-refractivity contribution in [2.75, 3.05) is 23.3 Å². The number of pyridine rings is 1. The van der Waals surface area contributed by atoms with E-state index in [9.17, 15) is 9.18 Å². The molecule has 4 aromatic rings. The monoisotopic (exact) mass is 434 g/mol. The summed E-state index contributed by atoms with van der Waals surface area (Å²) < 4.78 is 15.6. The molecule has 0 atom stereocenters. The molecule has 1 fully saturated rings. The molecular weight excluding hydrogens is 415 g/mol. The minimum absolute atomic E-state index is 0.262. The minimum Gasteiger partial charge on any atom is -0.356 e. The zero-order valence-corrected chi connectivity index (χ0v) is 17.4. The first-order valence-corrected chi connectivity index (χ1v) is 10.5. The molecule has 0 bridgehead atoms. The van der Waals surface area contributed by atoms with E-state index in [0.717, 1.165) is 35.4 Å². The number of amides is 1. The number of carbonyl (C=O) groups excluding carboxylic acids is 1. The topological polar surface area (TPSA) is 50.2 Å². The van der Waals surface area contributed by atoms with E-state index in [1.807, 2.05) is 34.9 Å². The van der Waals surface area contributed by atoms with Crippen LogP contribution < -0.4 is 10.2 Å². The molecule has 7 heteroatoms. The second-order valence-electron chi connectivity index (χ2n) is 7.65. The van der Waals surface area contributed by atoms with Crippen molar-refractivity contribution in [1.82, 2.24) is 9.55 Å². The summed E-state index contributed by atoms with van der Waals surface area (Å²) in [6.07, 6.45) is 2.85. The van der Waals surface area contributed by atoms with E-state index in [1.54, 1.807) is 24.4 Å². The van der Waals surface area contributed by atoms with E-state index in [-0.39, 0.29) is 11.7 Å². The Morgan fingerprint density at radius 2 is 1.97 bits per heavy atom. The summed E-state index contributed by atoms with van der Waals surface area (Å²) in [6, 6.07) is 17.4. The Morgan fingerprint density at radius 3 is 2.68 bits per heavy atom. The highest BCUT2D eigenvalue weighted by atomic mass is 35.5. The molecule has 1 aliphatic rings. The Labute approximate surface area is 184 Å². The Kier molecular flexibility index (Phi) is 5.08. The van der Waals surface area contributed by atoms with E-state index >= 15 is 0 Å². The molecule has 156 valence electrons. The van der Waals surface area contributed by atoms with Gasteiger partial charge < -0.3 is 14.8 Å². The number of hydrogen-bond acceptors (Lipinski definition) is 3. The fourth-order valence-corrected chi connectivity index (χ4v) is 3.99. The molecule has 1 N–H and O–H groups in total. The Bertz CT molecular complexity index is 1260. The van der Waals surface area contributed by atoms with Crippen LogP contribution in [0.3, 0.4) is 0 Å². The molecule has 2 aromatic heterocycles. The van der Waals surface area contributed by atoms with Gasteiger partial charge in [0.15, 0.2) is 0 Å². The van der Waals surface area contributed by atoms with Crippen molar-refractivity contribution >= 4 is 39.9 Å². The molecule has 2 aromatic carbocycles. The van der Waals surface area contributed by atoms with Crippen LogP contribution in [0.5, 0.6) is 0 Å². The number of nitrogens with zero attached hydrogens (tertiary/aromatic N) is 3. The lowest BCUT2D eigenvalue weighted by Gasteiger charge is -2.31. The second-order valence-corrected chi connectivity index (χ2v) is 8.09. The average molecular weight is 435 g/mol. The first kappa shape index (κ1) is 19.6. The Balaban J connectivity index is 1.46. The minimum atomic E-state index is -0.309. The van der Waals surface area contributed by atoms with Crippen molar-refractivity contribution < 1.29 is 9.18 Å². The molecular formula is C24H20ClFN4O. The van der Waals surface area contributed by atoms with Gasteiger partial charge in [0.05, 0.1) is 11.9 Å². The van der Waals surface area contributed by atoms with Crippen molar-refractivity contribution in [1.29, 1.82) is 0 Å². The number of nitrogens with one attached hydrogen (secondary N) is 1. The summed E-state index contributed by atoms with van der Waals surface area (Å²) in [5, 5.41) is 4.36. The molecule has 3 heterocycles. The molecule has 5 nitrogen and oxygen atoms in total. The van der Waals surface area contributed by atoms with Gasteiger partial charge in [-0.3, -0.25) is 4.79 Å². The number of anilines is 2. The van der Waals surface area contributed by atoms with Gasteiger partial charge >= 0.3 is 0 Å². The second kappa shape index (κ2) is 8.04. The summed E-state index contributed by atoms with van der Waals surface area (Å²) in [7, 11) is 0. The number of rotatable bonds is 5. The van der Waals surface area contributed by atoms with E-state index in [2.05, 4.69) is 15.2 Å². The molecule has 0 spiro atoms. The third-order valence-corrected chi connectivity index (χ3v) is 5.75. The van der Waals surface area contributed by atoms with E-state index in [0.29, 0.717) is 22.9 Å². The normalized spacial score (nSPS) is 13.3. The zero-order chi connectivity index (χ0) is 21.4. The maximum absolute atomic E-state index is 13.7. The van der Waals surface area contributed by atoms with Crippen LogP contribution >= 0.6 is 11.6 Å². The molecule has 5 rings (SSSR count). The molecule has 0 unspecified atom stereocenters. The molecule has 1 aliphatic heterocycles. The summed E-state index contributed by atoms with van der Waals surface area (Å²) in [5.74, 6) is 0.345. The third-order valence-electron chi connectivity index (χ3n) is 5.51. The molecule has 1 amide bonds. The molecule has 0 aliphatic carbocycles. The maximum Gasteiger partial charge on any atom is 0.272 e. The van der Waals surface area contributed by atoms with E-state index in [4.69, 9.17) is 11.6 Å². The fraction of sp³-hybridized carbons (Fsp3) is 0.167. The third kappa shape index (κ3) is 3.99. The van der Waals surface area contributed by atoms with Crippen LogP contribution in [0.25, 0.3) is 10.9 Å². The van der Waals surface area contributed by atoms with Crippen LogP contribution in [0.4, 0.5) is 15.9 Å². The molecule has 1 saturated heterocycles. The number of hydrogen-bond donors (Lipinski definition) is 1. The Morgan fingerprint density at radius 1 is 1.10 bits per heavy atom.